The van der Waals surface area contributed by atoms with E-state index < -0.39 is 11.7 Å². The van der Waals surface area contributed by atoms with Crippen LogP contribution in [0.15, 0.2) is 24.3 Å². The maximum Gasteiger partial charge on any atom is 0.125 e. The molecule has 2 unspecified atom stereocenters. The van der Waals surface area contributed by atoms with Gasteiger partial charge in [-0.3, -0.25) is 0 Å². The van der Waals surface area contributed by atoms with Crippen molar-refractivity contribution >= 4 is 0 Å². The van der Waals surface area contributed by atoms with Crippen LogP contribution in [-0.2, 0) is 4.74 Å². The average molecular weight is 266 g/mol. The summed E-state index contributed by atoms with van der Waals surface area (Å²) in [6.07, 6.45) is 0.996. The molecule has 108 valence electrons. The highest BCUT2D eigenvalue weighted by molar-refractivity contribution is 5.36. The maximum absolute atomic E-state index is 10.6. The fourth-order valence-corrected chi connectivity index (χ4v) is 2.08. The largest absolute Gasteiger partial charge is 0.493 e. The van der Waals surface area contributed by atoms with Gasteiger partial charge in [-0.2, -0.15) is 0 Å². The van der Waals surface area contributed by atoms with E-state index in [2.05, 4.69) is 6.92 Å². The summed E-state index contributed by atoms with van der Waals surface area (Å²) in [6, 6.07) is 7.64. The minimum Gasteiger partial charge on any atom is -0.493 e. The van der Waals surface area contributed by atoms with Crippen LogP contribution < -0.4 is 4.74 Å². The molecule has 3 heteroatoms. The lowest BCUT2D eigenvalue weighted by atomic mass is 9.89. The van der Waals surface area contributed by atoms with Crippen molar-refractivity contribution in [2.24, 2.45) is 0 Å². The number of aliphatic hydroxyl groups is 1. The molecule has 0 aliphatic rings. The predicted octanol–water partition coefficient (Wildman–Crippen LogP) is 3.71. The first-order chi connectivity index (χ1) is 9.09. The molecule has 0 bridgehead atoms. The third-order valence-electron chi connectivity index (χ3n) is 3.43. The van der Waals surface area contributed by atoms with E-state index in [4.69, 9.17) is 9.47 Å². The molecule has 0 fully saturated rings. The van der Waals surface area contributed by atoms with Crippen molar-refractivity contribution in [1.82, 2.24) is 0 Å². The molecular formula is C16H26O3. The van der Waals surface area contributed by atoms with Crippen LogP contribution in [0.2, 0.25) is 0 Å². The Morgan fingerprint density at radius 3 is 2.47 bits per heavy atom. The number of benzene rings is 1. The summed E-state index contributed by atoms with van der Waals surface area (Å²) in [6.45, 7) is 9.21. The first kappa shape index (κ1) is 16.0. The zero-order valence-electron chi connectivity index (χ0n) is 12.5. The monoisotopic (exact) mass is 266 g/mol. The molecule has 0 saturated carbocycles. The van der Waals surface area contributed by atoms with Gasteiger partial charge in [0, 0.05) is 12.2 Å². The second-order valence-electron chi connectivity index (χ2n) is 4.89. The molecule has 0 heterocycles. The maximum atomic E-state index is 10.6. The van der Waals surface area contributed by atoms with Crippen molar-refractivity contribution in [3.05, 3.63) is 29.8 Å². The molecule has 1 aromatic carbocycles. The van der Waals surface area contributed by atoms with Gasteiger partial charge in [0.25, 0.3) is 0 Å². The van der Waals surface area contributed by atoms with Crippen molar-refractivity contribution < 1.29 is 14.6 Å². The highest BCUT2D eigenvalue weighted by Gasteiger charge is 2.34. The zero-order chi connectivity index (χ0) is 14.3. The number of aliphatic hydroxyl groups excluding tert-OH is 1. The van der Waals surface area contributed by atoms with Crippen LogP contribution >= 0.6 is 0 Å². The molecule has 0 aliphatic carbocycles. The lowest BCUT2D eigenvalue weighted by Crippen LogP contribution is -2.36. The summed E-state index contributed by atoms with van der Waals surface area (Å²) in [5.41, 5.74) is 0.217. The van der Waals surface area contributed by atoms with Crippen LogP contribution in [0.3, 0.4) is 0 Å². The molecular weight excluding hydrogens is 240 g/mol. The summed E-state index contributed by atoms with van der Waals surface area (Å²) in [7, 11) is 0. The highest BCUT2D eigenvalue weighted by Crippen LogP contribution is 2.36. The van der Waals surface area contributed by atoms with Gasteiger partial charge in [0.1, 0.15) is 11.9 Å². The van der Waals surface area contributed by atoms with Crippen LogP contribution in [0.4, 0.5) is 0 Å². The molecule has 1 rings (SSSR count). The molecule has 2 atom stereocenters. The summed E-state index contributed by atoms with van der Waals surface area (Å²) >= 11 is 0. The van der Waals surface area contributed by atoms with E-state index >= 15 is 0 Å². The fraction of sp³-hybridized carbons (Fsp3) is 0.625. The second-order valence-corrected chi connectivity index (χ2v) is 4.89. The van der Waals surface area contributed by atoms with Gasteiger partial charge in [-0.1, -0.05) is 32.0 Å². The summed E-state index contributed by atoms with van der Waals surface area (Å²) < 4.78 is 11.5. The van der Waals surface area contributed by atoms with Gasteiger partial charge in [0.15, 0.2) is 0 Å². The standard InChI is InChI=1S/C16H26O3/c1-5-12-18-14-11-9-8-10-13(14)15(17)16(4,6-2)19-7-3/h8-11,15,17H,5-7,12H2,1-4H3. The summed E-state index contributed by atoms with van der Waals surface area (Å²) in [5, 5.41) is 10.6. The van der Waals surface area contributed by atoms with Crippen molar-refractivity contribution in [2.45, 2.75) is 52.2 Å². The van der Waals surface area contributed by atoms with Crippen LogP contribution in [0.1, 0.15) is 52.2 Å². The molecule has 0 aromatic heterocycles. The van der Waals surface area contributed by atoms with Crippen molar-refractivity contribution in [2.75, 3.05) is 13.2 Å². The van der Waals surface area contributed by atoms with Crippen molar-refractivity contribution in [1.29, 1.82) is 0 Å². The second kappa shape index (κ2) is 7.51. The molecule has 0 amide bonds. The third kappa shape index (κ3) is 3.95. The van der Waals surface area contributed by atoms with Gasteiger partial charge >= 0.3 is 0 Å². The highest BCUT2D eigenvalue weighted by atomic mass is 16.5. The molecule has 0 aliphatic heterocycles. The number of ether oxygens (including phenoxy) is 2. The van der Waals surface area contributed by atoms with E-state index in [0.29, 0.717) is 13.2 Å². The number of hydrogen-bond acceptors (Lipinski definition) is 3. The molecule has 0 spiro atoms. The molecule has 0 saturated heterocycles. The minimum atomic E-state index is -0.689. The van der Waals surface area contributed by atoms with E-state index in [9.17, 15) is 5.11 Å². The molecule has 3 nitrogen and oxygen atoms in total. The van der Waals surface area contributed by atoms with Crippen LogP contribution in [-0.4, -0.2) is 23.9 Å². The Bertz CT molecular complexity index is 378. The topological polar surface area (TPSA) is 38.7 Å². The lowest BCUT2D eigenvalue weighted by molar-refractivity contribution is -0.113. The quantitative estimate of drug-likeness (QED) is 0.779. The third-order valence-corrected chi connectivity index (χ3v) is 3.43. The minimum absolute atomic E-state index is 0.583. The van der Waals surface area contributed by atoms with Gasteiger partial charge in [-0.15, -0.1) is 0 Å². The van der Waals surface area contributed by atoms with E-state index in [1.165, 1.54) is 0 Å². The van der Waals surface area contributed by atoms with Crippen LogP contribution in [0.5, 0.6) is 5.75 Å². The molecule has 19 heavy (non-hydrogen) atoms. The van der Waals surface area contributed by atoms with E-state index in [1.807, 2.05) is 45.0 Å². The fourth-order valence-electron chi connectivity index (χ4n) is 2.08. The Balaban J connectivity index is 3.00. The molecule has 1 aromatic rings. The summed E-state index contributed by atoms with van der Waals surface area (Å²) in [5.74, 6) is 0.747. The molecule has 0 radical (unpaired) electrons. The lowest BCUT2D eigenvalue weighted by Gasteiger charge is -2.34. The van der Waals surface area contributed by atoms with E-state index in [1.54, 1.807) is 0 Å². The zero-order valence-corrected chi connectivity index (χ0v) is 12.5. The van der Waals surface area contributed by atoms with E-state index in [-0.39, 0.29) is 0 Å². The Kier molecular flexibility index (Phi) is 6.32. The Morgan fingerprint density at radius 2 is 1.89 bits per heavy atom. The van der Waals surface area contributed by atoms with Crippen LogP contribution in [0, 0.1) is 0 Å². The summed E-state index contributed by atoms with van der Waals surface area (Å²) in [4.78, 5) is 0. The van der Waals surface area contributed by atoms with E-state index in [0.717, 1.165) is 24.2 Å². The predicted molar refractivity (Wildman–Crippen MR) is 77.5 cm³/mol. The molecule has 1 N–H and O–H groups in total. The smallest absolute Gasteiger partial charge is 0.125 e. The Labute approximate surface area is 116 Å². The van der Waals surface area contributed by atoms with Gasteiger partial charge in [0.2, 0.25) is 0 Å². The SMILES string of the molecule is CCCOc1ccccc1C(O)C(C)(CC)OCC. The first-order valence-electron chi connectivity index (χ1n) is 7.12. The van der Waals surface area contributed by atoms with Gasteiger partial charge < -0.3 is 14.6 Å². The number of para-hydroxylation sites is 1. The first-order valence-corrected chi connectivity index (χ1v) is 7.12. The van der Waals surface area contributed by atoms with Crippen molar-refractivity contribution in [3.63, 3.8) is 0 Å². The average Bonchev–Trinajstić information content (AvgIpc) is 2.44. The number of hydrogen-bond donors (Lipinski definition) is 1. The Morgan fingerprint density at radius 1 is 1.21 bits per heavy atom. The van der Waals surface area contributed by atoms with Gasteiger partial charge in [-0.05, 0) is 32.8 Å². The normalized spacial score (nSPS) is 15.8. The van der Waals surface area contributed by atoms with Crippen molar-refractivity contribution in [3.8, 4) is 5.75 Å². The van der Waals surface area contributed by atoms with Gasteiger partial charge in [0.05, 0.1) is 12.2 Å². The Hall–Kier alpha value is -1.06. The van der Waals surface area contributed by atoms with Crippen LogP contribution in [0.25, 0.3) is 0 Å². The number of rotatable bonds is 8. The van der Waals surface area contributed by atoms with Gasteiger partial charge in [-0.25, -0.2) is 0 Å².